The Bertz CT molecular complexity index is 533. The summed E-state index contributed by atoms with van der Waals surface area (Å²) in [6, 6.07) is 11.1. The van der Waals surface area contributed by atoms with Crippen molar-refractivity contribution in [3.8, 4) is 11.8 Å². The largest absolute Gasteiger partial charge is 0.494 e. The maximum Gasteiger partial charge on any atom is 0.119 e. The highest BCUT2D eigenvalue weighted by molar-refractivity contribution is 5.34. The summed E-state index contributed by atoms with van der Waals surface area (Å²) in [6.07, 6.45) is 10.1. The van der Waals surface area contributed by atoms with E-state index in [-0.39, 0.29) is 0 Å². The summed E-state index contributed by atoms with van der Waals surface area (Å²) in [4.78, 5) is 0. The third-order valence-electron chi connectivity index (χ3n) is 6.21. The Morgan fingerprint density at radius 1 is 1.00 bits per heavy atom. The number of rotatable bonds is 5. The summed E-state index contributed by atoms with van der Waals surface area (Å²) in [7, 11) is 0. The number of nitrogens with zero attached hydrogens (tertiary/aromatic N) is 1. The van der Waals surface area contributed by atoms with E-state index in [0.29, 0.717) is 18.4 Å². The molecule has 22 heavy (non-hydrogen) atoms. The fourth-order valence-corrected chi connectivity index (χ4v) is 5.71. The average molecular weight is 295 g/mol. The second kappa shape index (κ2) is 5.61. The average Bonchev–Trinajstić information content (AvgIpc) is 2.51. The molecule has 0 heterocycles. The Kier molecular flexibility index (Phi) is 3.60. The summed E-state index contributed by atoms with van der Waals surface area (Å²) in [5.74, 6) is 3.93. The van der Waals surface area contributed by atoms with Gasteiger partial charge in [-0.05, 0) is 85.8 Å². The molecule has 4 fully saturated rings. The van der Waals surface area contributed by atoms with Gasteiger partial charge in [-0.3, -0.25) is 0 Å². The molecule has 1 aromatic rings. The molecule has 2 nitrogen and oxygen atoms in total. The molecule has 0 aromatic heterocycles. The van der Waals surface area contributed by atoms with Crippen molar-refractivity contribution in [3.63, 3.8) is 0 Å². The third-order valence-corrected chi connectivity index (χ3v) is 6.21. The van der Waals surface area contributed by atoms with Crippen LogP contribution in [-0.2, 0) is 5.41 Å². The minimum absolute atomic E-state index is 0.480. The van der Waals surface area contributed by atoms with E-state index in [4.69, 9.17) is 10.00 Å². The van der Waals surface area contributed by atoms with Crippen LogP contribution < -0.4 is 4.74 Å². The topological polar surface area (TPSA) is 33.0 Å². The first-order valence-electron chi connectivity index (χ1n) is 8.88. The lowest BCUT2D eigenvalue weighted by molar-refractivity contribution is -0.00520. The second-order valence-corrected chi connectivity index (χ2v) is 7.83. The van der Waals surface area contributed by atoms with Gasteiger partial charge in [-0.2, -0.15) is 5.26 Å². The molecular formula is C20H25NO. The van der Waals surface area contributed by atoms with Gasteiger partial charge in [0.1, 0.15) is 5.75 Å². The predicted molar refractivity (Wildman–Crippen MR) is 86.6 cm³/mol. The Morgan fingerprint density at radius 2 is 1.59 bits per heavy atom. The Labute approximate surface area is 133 Å². The van der Waals surface area contributed by atoms with E-state index in [1.165, 1.54) is 38.5 Å². The molecule has 4 bridgehead atoms. The minimum Gasteiger partial charge on any atom is -0.494 e. The van der Waals surface area contributed by atoms with Crippen molar-refractivity contribution in [1.29, 1.82) is 5.26 Å². The smallest absolute Gasteiger partial charge is 0.119 e. The summed E-state index contributed by atoms with van der Waals surface area (Å²) in [6.45, 7) is 0.643. The molecule has 0 amide bonds. The molecule has 1 aromatic carbocycles. The Hall–Kier alpha value is -1.49. The van der Waals surface area contributed by atoms with Gasteiger partial charge >= 0.3 is 0 Å². The standard InChI is InChI=1S/C20H25NO/c21-7-1-2-8-22-19-5-3-18(4-6-19)20-12-15-9-16(13-20)11-17(10-15)14-20/h3-6,15-17H,1-2,8-14H2. The van der Waals surface area contributed by atoms with Crippen molar-refractivity contribution in [1.82, 2.24) is 0 Å². The van der Waals surface area contributed by atoms with Crippen molar-refractivity contribution in [3.05, 3.63) is 29.8 Å². The van der Waals surface area contributed by atoms with Gasteiger partial charge in [0.05, 0.1) is 12.7 Å². The third kappa shape index (κ3) is 2.51. The zero-order valence-corrected chi connectivity index (χ0v) is 13.3. The molecule has 2 heteroatoms. The van der Waals surface area contributed by atoms with Gasteiger partial charge in [0.25, 0.3) is 0 Å². The normalized spacial score (nSPS) is 35.3. The first-order chi connectivity index (χ1) is 10.8. The van der Waals surface area contributed by atoms with Gasteiger partial charge in [-0.15, -0.1) is 0 Å². The molecule has 0 atom stereocenters. The Balaban J connectivity index is 1.46. The van der Waals surface area contributed by atoms with Crippen molar-refractivity contribution >= 4 is 0 Å². The highest BCUT2D eigenvalue weighted by Crippen LogP contribution is 2.60. The molecular weight excluding hydrogens is 270 g/mol. The van der Waals surface area contributed by atoms with Crippen LogP contribution in [0.25, 0.3) is 0 Å². The fraction of sp³-hybridized carbons (Fsp3) is 0.650. The number of nitriles is 1. The SMILES string of the molecule is N#CCCCOc1ccc(C23CC4CC(CC(C4)C2)C3)cc1. The number of ether oxygens (including phenoxy) is 1. The van der Waals surface area contributed by atoms with Crippen LogP contribution in [0.15, 0.2) is 24.3 Å². The molecule has 0 saturated heterocycles. The lowest BCUT2D eigenvalue weighted by atomic mass is 9.48. The van der Waals surface area contributed by atoms with Gasteiger partial charge in [0, 0.05) is 6.42 Å². The predicted octanol–water partition coefficient (Wildman–Crippen LogP) is 4.84. The maximum atomic E-state index is 8.55. The zero-order chi connectivity index (χ0) is 15.0. The van der Waals surface area contributed by atoms with Gasteiger partial charge in [-0.25, -0.2) is 0 Å². The quantitative estimate of drug-likeness (QED) is 0.728. The molecule has 0 unspecified atom stereocenters. The van der Waals surface area contributed by atoms with Crippen molar-refractivity contribution in [2.45, 2.75) is 56.8 Å². The molecule has 0 N–H and O–H groups in total. The molecule has 0 aliphatic heterocycles. The van der Waals surface area contributed by atoms with E-state index in [1.807, 2.05) is 0 Å². The molecule has 116 valence electrons. The van der Waals surface area contributed by atoms with Crippen molar-refractivity contribution < 1.29 is 4.74 Å². The molecule has 4 aliphatic carbocycles. The van der Waals surface area contributed by atoms with Crippen LogP contribution in [0.2, 0.25) is 0 Å². The monoisotopic (exact) mass is 295 g/mol. The van der Waals surface area contributed by atoms with Crippen LogP contribution in [0, 0.1) is 29.1 Å². The van der Waals surface area contributed by atoms with Crippen molar-refractivity contribution in [2.75, 3.05) is 6.61 Å². The van der Waals surface area contributed by atoms with E-state index in [9.17, 15) is 0 Å². The summed E-state index contributed by atoms with van der Waals surface area (Å²) < 4.78 is 5.73. The van der Waals surface area contributed by atoms with Crippen molar-refractivity contribution in [2.24, 2.45) is 17.8 Å². The van der Waals surface area contributed by atoms with Crippen LogP contribution in [-0.4, -0.2) is 6.61 Å². The molecule has 4 aliphatic rings. The molecule has 0 spiro atoms. The van der Waals surface area contributed by atoms with E-state index >= 15 is 0 Å². The van der Waals surface area contributed by atoms with Crippen LogP contribution in [0.3, 0.4) is 0 Å². The Morgan fingerprint density at radius 3 is 2.14 bits per heavy atom. The second-order valence-electron chi connectivity index (χ2n) is 7.83. The summed E-state index contributed by atoms with van der Waals surface area (Å²) in [5, 5.41) is 8.55. The first-order valence-corrected chi connectivity index (χ1v) is 8.88. The number of unbranched alkanes of at least 4 members (excludes halogenated alkanes) is 1. The highest BCUT2D eigenvalue weighted by atomic mass is 16.5. The van der Waals surface area contributed by atoms with Crippen LogP contribution in [0.4, 0.5) is 0 Å². The zero-order valence-electron chi connectivity index (χ0n) is 13.3. The highest BCUT2D eigenvalue weighted by Gasteiger charge is 2.51. The summed E-state index contributed by atoms with van der Waals surface area (Å²) in [5.41, 5.74) is 2.03. The van der Waals surface area contributed by atoms with E-state index in [1.54, 1.807) is 5.56 Å². The summed E-state index contributed by atoms with van der Waals surface area (Å²) >= 11 is 0. The maximum absolute atomic E-state index is 8.55. The molecule has 4 saturated carbocycles. The van der Waals surface area contributed by atoms with Gasteiger partial charge < -0.3 is 4.74 Å². The van der Waals surface area contributed by atoms with E-state index in [0.717, 1.165) is 29.9 Å². The number of benzene rings is 1. The minimum atomic E-state index is 0.480. The lowest BCUT2D eigenvalue weighted by Crippen LogP contribution is -2.48. The number of hydrogen-bond donors (Lipinski definition) is 0. The fourth-order valence-electron chi connectivity index (χ4n) is 5.71. The van der Waals surface area contributed by atoms with Crippen LogP contribution >= 0.6 is 0 Å². The van der Waals surface area contributed by atoms with Crippen LogP contribution in [0.1, 0.15) is 56.9 Å². The first kappa shape index (κ1) is 14.1. The molecule has 0 radical (unpaired) electrons. The van der Waals surface area contributed by atoms with E-state index < -0.39 is 0 Å². The van der Waals surface area contributed by atoms with Gasteiger partial charge in [0.2, 0.25) is 0 Å². The lowest BCUT2D eigenvalue weighted by Gasteiger charge is -2.57. The van der Waals surface area contributed by atoms with Gasteiger partial charge in [-0.1, -0.05) is 12.1 Å². The molecule has 5 rings (SSSR count). The number of hydrogen-bond acceptors (Lipinski definition) is 2. The van der Waals surface area contributed by atoms with Crippen LogP contribution in [0.5, 0.6) is 5.75 Å². The van der Waals surface area contributed by atoms with E-state index in [2.05, 4.69) is 30.3 Å². The van der Waals surface area contributed by atoms with Gasteiger partial charge in [0.15, 0.2) is 0 Å².